The first kappa shape index (κ1) is 16.1. The zero-order valence-corrected chi connectivity index (χ0v) is 11.6. The van der Waals surface area contributed by atoms with Crippen LogP contribution in [-0.2, 0) is 9.26 Å². The molecule has 4 atom stereocenters. The lowest BCUT2D eigenvalue weighted by Crippen LogP contribution is -2.37. The molecule has 0 radical (unpaired) electrons. The summed E-state index contributed by atoms with van der Waals surface area (Å²) >= 11 is 0. The summed E-state index contributed by atoms with van der Waals surface area (Å²) in [6.45, 7) is -0.433. The Labute approximate surface area is 118 Å². The van der Waals surface area contributed by atoms with Crippen molar-refractivity contribution in [1.82, 2.24) is 9.55 Å². The van der Waals surface area contributed by atoms with Crippen molar-refractivity contribution >= 4 is 13.9 Å². The number of nitrogens with zero attached hydrogens (tertiary/aromatic N) is 1. The fourth-order valence-electron chi connectivity index (χ4n) is 1.92. The number of aromatic amines is 1. The van der Waals surface area contributed by atoms with Gasteiger partial charge in [0.2, 0.25) is 7.57 Å². The molecule has 0 aromatic carbocycles. The second kappa shape index (κ2) is 5.85. The van der Waals surface area contributed by atoms with Crippen LogP contribution in [0, 0.1) is 0 Å². The molecule has 0 bridgehead atoms. The maximum absolute atomic E-state index is 11.6. The van der Waals surface area contributed by atoms with Crippen LogP contribution in [0.5, 0.6) is 0 Å². The van der Waals surface area contributed by atoms with Gasteiger partial charge in [-0.25, -0.2) is 4.79 Å². The predicted molar refractivity (Wildman–Crippen MR) is 71.7 cm³/mol. The van der Waals surface area contributed by atoms with Crippen LogP contribution in [0.3, 0.4) is 0 Å². The Kier molecular flexibility index (Phi) is 4.49. The van der Waals surface area contributed by atoms with Crippen molar-refractivity contribution in [3.63, 3.8) is 0 Å². The van der Waals surface area contributed by atoms with Gasteiger partial charge in [0.1, 0.15) is 18.3 Å². The molecule has 2 rings (SSSR count). The van der Waals surface area contributed by atoms with Gasteiger partial charge in [-0.3, -0.25) is 14.3 Å². The van der Waals surface area contributed by atoms with E-state index in [0.717, 1.165) is 16.8 Å². The number of aliphatic hydroxyl groups excluding tert-OH is 2. The lowest BCUT2D eigenvalue weighted by Gasteiger charge is -2.17. The molecule has 2 unspecified atom stereocenters. The molecule has 1 aliphatic heterocycles. The first-order valence-electron chi connectivity index (χ1n) is 5.85. The van der Waals surface area contributed by atoms with E-state index in [0.29, 0.717) is 0 Å². The largest absolute Gasteiger partial charge is 0.387 e. The second-order valence-corrected chi connectivity index (χ2v) is 6.11. The fraction of sp³-hybridized carbons (Fsp3) is 0.500. The molecular weight excluding hydrogens is 307 g/mol. The molecule has 118 valence electrons. The number of rotatable bonds is 4. The number of nitrogens with one attached hydrogen (secondary N) is 1. The topological polar surface area (TPSA) is 154 Å². The number of aromatic nitrogens is 2. The Bertz CT molecular complexity index is 664. The van der Waals surface area contributed by atoms with Crippen LogP contribution in [0.4, 0.5) is 0 Å². The summed E-state index contributed by atoms with van der Waals surface area (Å²) < 4.78 is 10.8. The molecule has 2 heterocycles. The summed E-state index contributed by atoms with van der Waals surface area (Å²) in [5, 5.41) is 19.7. The minimum absolute atomic E-state index is 0.433. The number of aliphatic hydroxyl groups is 2. The fourth-order valence-corrected chi connectivity index (χ4v) is 2.30. The van der Waals surface area contributed by atoms with Gasteiger partial charge < -0.3 is 29.3 Å². The van der Waals surface area contributed by atoms with E-state index in [1.807, 2.05) is 4.98 Å². The molecule has 21 heavy (non-hydrogen) atoms. The van der Waals surface area contributed by atoms with E-state index in [-0.39, 0.29) is 0 Å². The van der Waals surface area contributed by atoms with Crippen LogP contribution >= 0.6 is 7.57 Å². The Hall–Kier alpha value is -1.26. The average Bonchev–Trinajstić information content (AvgIpc) is 2.64. The molecule has 0 amide bonds. The van der Waals surface area contributed by atoms with E-state index < -0.39 is 50.0 Å². The van der Waals surface area contributed by atoms with Crippen molar-refractivity contribution in [2.24, 2.45) is 0 Å². The van der Waals surface area contributed by atoms with Crippen molar-refractivity contribution in [2.75, 3.05) is 6.61 Å². The normalized spacial score (nSPS) is 29.7. The first-order valence-corrected chi connectivity index (χ1v) is 7.65. The minimum atomic E-state index is -3.76. The van der Waals surface area contributed by atoms with E-state index >= 15 is 0 Å². The summed E-state index contributed by atoms with van der Waals surface area (Å²) in [5.41, 5.74) is -1.43. The highest BCUT2D eigenvalue weighted by molar-refractivity contribution is 7.57. The molecule has 5 N–H and O–H groups in total. The third-order valence-corrected chi connectivity index (χ3v) is 3.47. The van der Waals surface area contributed by atoms with E-state index in [1.54, 1.807) is 0 Å². The number of hydrogen-bond acceptors (Lipinski definition) is 8. The maximum atomic E-state index is 11.6. The molecule has 1 saturated heterocycles. The SMILES string of the molecule is C=P(O)(O)OC[C@H]1O[C@@H](n2ccc(=O)[nH]c2=O)C(O)C1O. The highest BCUT2D eigenvalue weighted by Crippen LogP contribution is 2.37. The van der Waals surface area contributed by atoms with Gasteiger partial charge in [0.15, 0.2) is 6.23 Å². The Morgan fingerprint density at radius 3 is 2.62 bits per heavy atom. The van der Waals surface area contributed by atoms with Crippen molar-refractivity contribution < 1.29 is 29.3 Å². The van der Waals surface area contributed by atoms with E-state index in [4.69, 9.17) is 14.5 Å². The molecule has 1 aromatic rings. The smallest absolute Gasteiger partial charge is 0.330 e. The molecule has 0 aliphatic carbocycles. The first-order chi connectivity index (χ1) is 9.69. The quantitative estimate of drug-likeness (QED) is 0.377. The van der Waals surface area contributed by atoms with Crippen molar-refractivity contribution in [1.29, 1.82) is 0 Å². The highest BCUT2D eigenvalue weighted by atomic mass is 31.2. The number of ether oxygens (including phenoxy) is 1. The van der Waals surface area contributed by atoms with Crippen LogP contribution in [0.15, 0.2) is 21.9 Å². The molecule has 0 spiro atoms. The average molecular weight is 322 g/mol. The monoisotopic (exact) mass is 322 g/mol. The van der Waals surface area contributed by atoms with E-state index in [1.165, 1.54) is 0 Å². The summed E-state index contributed by atoms with van der Waals surface area (Å²) in [7, 11) is -3.76. The Balaban J connectivity index is 2.18. The van der Waals surface area contributed by atoms with Crippen LogP contribution in [-0.4, -0.2) is 60.8 Å². The Morgan fingerprint density at radius 1 is 1.38 bits per heavy atom. The standard InChI is InChI=1S/C10H15N2O8P/c1-21(17,18)19-4-5-7(14)8(15)9(20-5)12-3-2-6(13)11-10(12)16/h2-3,5,7-9,14-15,17-18H,1,4H2,(H,11,13,16)/t5-,7?,8?,9-/m1/s1. The van der Waals surface area contributed by atoms with Gasteiger partial charge in [-0.05, 0) is 6.30 Å². The number of H-pyrrole nitrogens is 1. The summed E-state index contributed by atoms with van der Waals surface area (Å²) in [5.74, 6) is 0. The van der Waals surface area contributed by atoms with Gasteiger partial charge in [-0.1, -0.05) is 0 Å². The van der Waals surface area contributed by atoms with Crippen LogP contribution < -0.4 is 11.2 Å². The van der Waals surface area contributed by atoms with Gasteiger partial charge in [-0.2, -0.15) is 0 Å². The molecule has 0 saturated carbocycles. The zero-order valence-electron chi connectivity index (χ0n) is 10.7. The second-order valence-electron chi connectivity index (χ2n) is 4.52. The lowest BCUT2D eigenvalue weighted by molar-refractivity contribution is -0.0528. The molecule has 11 heteroatoms. The maximum Gasteiger partial charge on any atom is 0.330 e. The van der Waals surface area contributed by atoms with Crippen molar-refractivity contribution in [3.8, 4) is 0 Å². The van der Waals surface area contributed by atoms with Gasteiger partial charge in [0.05, 0.1) is 6.61 Å². The third kappa shape index (κ3) is 3.69. The predicted octanol–water partition coefficient (Wildman–Crippen LogP) is -2.65. The minimum Gasteiger partial charge on any atom is -0.387 e. The number of hydrogen-bond donors (Lipinski definition) is 5. The van der Waals surface area contributed by atoms with Gasteiger partial charge in [0.25, 0.3) is 5.56 Å². The Morgan fingerprint density at radius 2 is 2.05 bits per heavy atom. The molecular formula is C10H15N2O8P. The molecule has 10 nitrogen and oxygen atoms in total. The van der Waals surface area contributed by atoms with Crippen molar-refractivity contribution in [3.05, 3.63) is 33.1 Å². The molecule has 1 aromatic heterocycles. The summed E-state index contributed by atoms with van der Waals surface area (Å²) in [6, 6.07) is 1.06. The van der Waals surface area contributed by atoms with Crippen LogP contribution in [0.2, 0.25) is 0 Å². The van der Waals surface area contributed by atoms with Crippen molar-refractivity contribution in [2.45, 2.75) is 24.5 Å². The summed E-state index contributed by atoms with van der Waals surface area (Å²) in [4.78, 5) is 42.6. The van der Waals surface area contributed by atoms with E-state index in [2.05, 4.69) is 10.8 Å². The van der Waals surface area contributed by atoms with Crippen LogP contribution in [0.1, 0.15) is 6.23 Å². The molecule has 1 fully saturated rings. The van der Waals surface area contributed by atoms with Crippen LogP contribution in [0.25, 0.3) is 0 Å². The van der Waals surface area contributed by atoms with Gasteiger partial charge in [-0.15, -0.1) is 0 Å². The van der Waals surface area contributed by atoms with E-state index in [9.17, 15) is 19.8 Å². The third-order valence-electron chi connectivity index (χ3n) is 2.91. The highest BCUT2D eigenvalue weighted by Gasteiger charge is 2.44. The van der Waals surface area contributed by atoms with Gasteiger partial charge >= 0.3 is 5.69 Å². The summed E-state index contributed by atoms with van der Waals surface area (Å²) in [6.07, 6.45) is -1.12. The molecule has 1 aliphatic rings. The van der Waals surface area contributed by atoms with Gasteiger partial charge in [0, 0.05) is 12.3 Å². The zero-order chi connectivity index (χ0) is 15.8. The lowest BCUT2D eigenvalue weighted by atomic mass is 10.1.